The first-order valence-corrected chi connectivity index (χ1v) is 4.54. The van der Waals surface area contributed by atoms with Crippen LogP contribution in [0.1, 0.15) is 11.1 Å². The molecule has 3 heteroatoms. The van der Waals surface area contributed by atoms with Gasteiger partial charge in [-0.3, -0.25) is 0 Å². The SMILES string of the molecule is CN(C)Cc1ccccc1C(N)=S. The molecule has 0 amide bonds. The lowest BCUT2D eigenvalue weighted by atomic mass is 10.1. The zero-order valence-electron chi connectivity index (χ0n) is 7.95. The van der Waals surface area contributed by atoms with Crippen LogP contribution in [-0.4, -0.2) is 24.0 Å². The second-order valence-electron chi connectivity index (χ2n) is 3.26. The summed E-state index contributed by atoms with van der Waals surface area (Å²) in [5.41, 5.74) is 7.76. The Hall–Kier alpha value is -0.930. The lowest BCUT2D eigenvalue weighted by Crippen LogP contribution is -2.17. The minimum atomic E-state index is 0.470. The number of rotatable bonds is 3. The van der Waals surface area contributed by atoms with Gasteiger partial charge in [0.2, 0.25) is 0 Å². The van der Waals surface area contributed by atoms with Crippen LogP contribution < -0.4 is 5.73 Å². The smallest absolute Gasteiger partial charge is 0.104 e. The average Bonchev–Trinajstić information content (AvgIpc) is 2.03. The third-order valence-electron chi connectivity index (χ3n) is 1.77. The Morgan fingerprint density at radius 1 is 1.38 bits per heavy atom. The van der Waals surface area contributed by atoms with E-state index in [0.717, 1.165) is 12.1 Å². The molecule has 1 aromatic rings. The van der Waals surface area contributed by atoms with Crippen LogP contribution in [-0.2, 0) is 6.54 Å². The molecule has 1 rings (SSSR count). The standard InChI is InChI=1S/C10H14N2S/c1-12(2)7-8-5-3-4-6-9(8)10(11)13/h3-6H,7H2,1-2H3,(H2,11,13). The fourth-order valence-electron chi connectivity index (χ4n) is 1.24. The molecule has 0 spiro atoms. The Balaban J connectivity index is 2.98. The van der Waals surface area contributed by atoms with Gasteiger partial charge in [-0.05, 0) is 19.7 Å². The van der Waals surface area contributed by atoms with Crippen LogP contribution in [0.2, 0.25) is 0 Å². The van der Waals surface area contributed by atoms with Crippen molar-refractivity contribution < 1.29 is 0 Å². The number of hydrogen-bond donors (Lipinski definition) is 1. The number of nitrogens with two attached hydrogens (primary N) is 1. The number of nitrogens with zero attached hydrogens (tertiary/aromatic N) is 1. The molecule has 70 valence electrons. The summed E-state index contributed by atoms with van der Waals surface area (Å²) in [6, 6.07) is 7.96. The van der Waals surface area contributed by atoms with Gasteiger partial charge in [0, 0.05) is 12.1 Å². The van der Waals surface area contributed by atoms with Gasteiger partial charge in [-0.25, -0.2) is 0 Å². The Morgan fingerprint density at radius 2 is 2.00 bits per heavy atom. The monoisotopic (exact) mass is 194 g/mol. The van der Waals surface area contributed by atoms with Crippen LogP contribution in [0.15, 0.2) is 24.3 Å². The van der Waals surface area contributed by atoms with E-state index < -0.39 is 0 Å². The summed E-state index contributed by atoms with van der Waals surface area (Å²) in [5.74, 6) is 0. The molecule has 0 unspecified atom stereocenters. The third-order valence-corrected chi connectivity index (χ3v) is 1.99. The highest BCUT2D eigenvalue weighted by atomic mass is 32.1. The zero-order chi connectivity index (χ0) is 9.84. The number of hydrogen-bond acceptors (Lipinski definition) is 2. The Bertz CT molecular complexity index is 308. The molecule has 2 N–H and O–H groups in total. The summed E-state index contributed by atoms with van der Waals surface area (Å²) in [7, 11) is 4.05. The highest BCUT2D eigenvalue weighted by molar-refractivity contribution is 7.80. The van der Waals surface area contributed by atoms with Crippen molar-refractivity contribution in [2.45, 2.75) is 6.54 Å². The third kappa shape index (κ3) is 2.79. The van der Waals surface area contributed by atoms with Gasteiger partial charge in [-0.15, -0.1) is 0 Å². The molecule has 2 nitrogen and oxygen atoms in total. The first-order chi connectivity index (χ1) is 6.11. The molecule has 0 bridgehead atoms. The zero-order valence-corrected chi connectivity index (χ0v) is 8.77. The van der Waals surface area contributed by atoms with Gasteiger partial charge < -0.3 is 10.6 Å². The molecule has 0 fully saturated rings. The van der Waals surface area contributed by atoms with E-state index in [9.17, 15) is 0 Å². The second-order valence-corrected chi connectivity index (χ2v) is 3.70. The molecular formula is C10H14N2S. The average molecular weight is 194 g/mol. The van der Waals surface area contributed by atoms with Gasteiger partial charge >= 0.3 is 0 Å². The minimum absolute atomic E-state index is 0.470. The molecule has 13 heavy (non-hydrogen) atoms. The van der Waals surface area contributed by atoms with E-state index in [0.29, 0.717) is 4.99 Å². The predicted octanol–water partition coefficient (Wildman–Crippen LogP) is 1.38. The van der Waals surface area contributed by atoms with Crippen molar-refractivity contribution in [3.05, 3.63) is 35.4 Å². The van der Waals surface area contributed by atoms with Gasteiger partial charge in [-0.1, -0.05) is 36.5 Å². The van der Waals surface area contributed by atoms with Crippen LogP contribution in [0, 0.1) is 0 Å². The number of thiocarbonyl (C=S) groups is 1. The van der Waals surface area contributed by atoms with Gasteiger partial charge in [0.1, 0.15) is 4.99 Å². The first kappa shape index (κ1) is 10.2. The largest absolute Gasteiger partial charge is 0.389 e. The fourth-order valence-corrected chi connectivity index (χ4v) is 1.44. The van der Waals surface area contributed by atoms with Crippen molar-refractivity contribution >= 4 is 17.2 Å². The molecule has 0 heterocycles. The molecular weight excluding hydrogens is 180 g/mol. The highest BCUT2D eigenvalue weighted by Gasteiger charge is 2.04. The van der Waals surface area contributed by atoms with Crippen molar-refractivity contribution in [2.75, 3.05) is 14.1 Å². The van der Waals surface area contributed by atoms with Crippen LogP contribution >= 0.6 is 12.2 Å². The van der Waals surface area contributed by atoms with Gasteiger partial charge in [0.05, 0.1) is 0 Å². The van der Waals surface area contributed by atoms with Crippen molar-refractivity contribution in [1.82, 2.24) is 4.90 Å². The van der Waals surface area contributed by atoms with Gasteiger partial charge in [0.15, 0.2) is 0 Å². The molecule has 0 aliphatic carbocycles. The Morgan fingerprint density at radius 3 is 2.54 bits per heavy atom. The maximum atomic E-state index is 5.60. The summed E-state index contributed by atoms with van der Waals surface area (Å²) in [6.45, 7) is 0.869. The van der Waals surface area contributed by atoms with E-state index in [-0.39, 0.29) is 0 Å². The minimum Gasteiger partial charge on any atom is -0.389 e. The van der Waals surface area contributed by atoms with E-state index in [2.05, 4.69) is 11.0 Å². The Kier molecular flexibility index (Phi) is 3.39. The summed E-state index contributed by atoms with van der Waals surface area (Å²) in [5, 5.41) is 0. The molecule has 0 saturated heterocycles. The molecule has 0 saturated carbocycles. The van der Waals surface area contributed by atoms with E-state index in [1.54, 1.807) is 0 Å². The highest BCUT2D eigenvalue weighted by Crippen LogP contribution is 2.09. The molecule has 0 aliphatic rings. The molecule has 0 atom stereocenters. The predicted molar refractivity (Wildman–Crippen MR) is 59.7 cm³/mol. The van der Waals surface area contributed by atoms with E-state index in [1.807, 2.05) is 32.3 Å². The van der Waals surface area contributed by atoms with Crippen LogP contribution in [0.5, 0.6) is 0 Å². The van der Waals surface area contributed by atoms with Crippen LogP contribution in [0.25, 0.3) is 0 Å². The summed E-state index contributed by atoms with van der Waals surface area (Å²) < 4.78 is 0. The first-order valence-electron chi connectivity index (χ1n) is 4.13. The van der Waals surface area contributed by atoms with E-state index in [1.165, 1.54) is 5.56 Å². The fraction of sp³-hybridized carbons (Fsp3) is 0.300. The maximum absolute atomic E-state index is 5.60. The van der Waals surface area contributed by atoms with E-state index >= 15 is 0 Å². The summed E-state index contributed by atoms with van der Waals surface area (Å²) in [4.78, 5) is 2.56. The summed E-state index contributed by atoms with van der Waals surface area (Å²) in [6.07, 6.45) is 0. The molecule has 0 aromatic heterocycles. The second kappa shape index (κ2) is 4.35. The van der Waals surface area contributed by atoms with Crippen molar-refractivity contribution in [3.63, 3.8) is 0 Å². The lowest BCUT2D eigenvalue weighted by Gasteiger charge is -2.12. The topological polar surface area (TPSA) is 29.3 Å². The van der Waals surface area contributed by atoms with Crippen molar-refractivity contribution in [3.8, 4) is 0 Å². The van der Waals surface area contributed by atoms with Crippen LogP contribution in [0.3, 0.4) is 0 Å². The summed E-state index contributed by atoms with van der Waals surface area (Å²) >= 11 is 4.96. The van der Waals surface area contributed by atoms with Crippen molar-refractivity contribution in [2.24, 2.45) is 5.73 Å². The normalized spacial score (nSPS) is 10.4. The number of benzene rings is 1. The van der Waals surface area contributed by atoms with Gasteiger partial charge in [-0.2, -0.15) is 0 Å². The molecule has 1 aromatic carbocycles. The molecule has 0 radical (unpaired) electrons. The maximum Gasteiger partial charge on any atom is 0.104 e. The van der Waals surface area contributed by atoms with E-state index in [4.69, 9.17) is 18.0 Å². The van der Waals surface area contributed by atoms with Gasteiger partial charge in [0.25, 0.3) is 0 Å². The quantitative estimate of drug-likeness (QED) is 0.737. The van der Waals surface area contributed by atoms with Crippen molar-refractivity contribution in [1.29, 1.82) is 0 Å². The molecule has 0 aliphatic heterocycles. The lowest BCUT2D eigenvalue weighted by molar-refractivity contribution is 0.402. The van der Waals surface area contributed by atoms with Crippen LogP contribution in [0.4, 0.5) is 0 Å². The Labute approximate surface area is 84.3 Å².